The van der Waals surface area contributed by atoms with Crippen molar-refractivity contribution in [3.05, 3.63) is 71.1 Å². The van der Waals surface area contributed by atoms with Crippen LogP contribution in [0.4, 0.5) is 10.5 Å². The molecule has 0 saturated carbocycles. The van der Waals surface area contributed by atoms with Crippen LogP contribution in [0.5, 0.6) is 0 Å². The van der Waals surface area contributed by atoms with Gasteiger partial charge in [0.25, 0.3) is 5.91 Å². The van der Waals surface area contributed by atoms with Crippen molar-refractivity contribution < 1.29 is 32.3 Å². The molecular weight excluding hydrogens is 530 g/mol. The summed E-state index contributed by atoms with van der Waals surface area (Å²) < 4.78 is 37.3. The molecule has 0 radical (unpaired) electrons. The fourth-order valence-electron chi connectivity index (χ4n) is 3.92. The number of ether oxygens (including phenoxy) is 2. The standard InChI is InChI=1S/C26H27N3O7S2/c1-3-36-26(32)28-13-15-29(16-14-28)38(33,34)20-11-9-19(10-12-20)24(30)27-21-17-22(18-7-5-4-6-8-18)37-23(21)25(31)35-2/h4-12,17H,3,13-16H2,1-2H3,(H,27,30). The van der Waals surface area contributed by atoms with Gasteiger partial charge in [0.2, 0.25) is 10.0 Å². The van der Waals surface area contributed by atoms with Crippen molar-refractivity contribution in [3.63, 3.8) is 0 Å². The normalized spacial score (nSPS) is 14.1. The van der Waals surface area contributed by atoms with Crippen molar-refractivity contribution in [2.75, 3.05) is 45.2 Å². The summed E-state index contributed by atoms with van der Waals surface area (Å²) >= 11 is 1.20. The van der Waals surface area contributed by atoms with E-state index in [9.17, 15) is 22.8 Å². The third-order valence-electron chi connectivity index (χ3n) is 5.93. The summed E-state index contributed by atoms with van der Waals surface area (Å²) in [5.41, 5.74) is 1.42. The maximum Gasteiger partial charge on any atom is 0.409 e. The van der Waals surface area contributed by atoms with Crippen molar-refractivity contribution >= 4 is 45.0 Å². The number of carbonyl (C=O) groups is 3. The van der Waals surface area contributed by atoms with Gasteiger partial charge in [0.05, 0.1) is 24.3 Å². The average Bonchev–Trinajstić information content (AvgIpc) is 3.37. The maximum atomic E-state index is 13.1. The minimum atomic E-state index is -3.81. The van der Waals surface area contributed by atoms with Crippen molar-refractivity contribution in [2.24, 2.45) is 0 Å². The summed E-state index contributed by atoms with van der Waals surface area (Å²) in [5.74, 6) is -1.07. The number of benzene rings is 2. The molecule has 1 aromatic heterocycles. The third kappa shape index (κ3) is 5.87. The van der Waals surface area contributed by atoms with Crippen LogP contribution in [0.15, 0.2) is 65.6 Å². The van der Waals surface area contributed by atoms with Crippen molar-refractivity contribution in [1.82, 2.24) is 9.21 Å². The lowest BCUT2D eigenvalue weighted by Crippen LogP contribution is -2.50. The van der Waals surface area contributed by atoms with Gasteiger partial charge in [-0.25, -0.2) is 18.0 Å². The van der Waals surface area contributed by atoms with Gasteiger partial charge in [0.15, 0.2) is 0 Å². The molecule has 200 valence electrons. The minimum Gasteiger partial charge on any atom is -0.465 e. The molecule has 2 amide bonds. The van der Waals surface area contributed by atoms with Gasteiger partial charge in [0, 0.05) is 36.6 Å². The summed E-state index contributed by atoms with van der Waals surface area (Å²) in [4.78, 5) is 39.7. The predicted molar refractivity (Wildman–Crippen MR) is 143 cm³/mol. The highest BCUT2D eigenvalue weighted by atomic mass is 32.2. The van der Waals surface area contributed by atoms with E-state index in [4.69, 9.17) is 9.47 Å². The molecule has 0 bridgehead atoms. The van der Waals surface area contributed by atoms with Crippen LogP contribution >= 0.6 is 11.3 Å². The third-order valence-corrected chi connectivity index (χ3v) is 9.01. The van der Waals surface area contributed by atoms with E-state index in [0.29, 0.717) is 5.69 Å². The molecule has 1 aliphatic heterocycles. The molecule has 1 saturated heterocycles. The molecule has 12 heteroatoms. The minimum absolute atomic E-state index is 0.0378. The average molecular weight is 558 g/mol. The number of amides is 2. The first-order valence-corrected chi connectivity index (χ1v) is 14.1. The number of rotatable bonds is 7. The molecule has 4 rings (SSSR count). The maximum absolute atomic E-state index is 13.1. The first kappa shape index (κ1) is 27.3. The lowest BCUT2D eigenvalue weighted by molar-refractivity contribution is 0.0607. The summed E-state index contributed by atoms with van der Waals surface area (Å²) in [6, 6.07) is 16.7. The number of methoxy groups -OCH3 is 1. The highest BCUT2D eigenvalue weighted by Gasteiger charge is 2.30. The van der Waals surface area contributed by atoms with E-state index in [2.05, 4.69) is 5.32 Å². The lowest BCUT2D eigenvalue weighted by atomic mass is 10.2. The van der Waals surface area contributed by atoms with Gasteiger partial charge in [0.1, 0.15) is 4.88 Å². The Hall–Kier alpha value is -3.74. The van der Waals surface area contributed by atoms with E-state index < -0.39 is 28.0 Å². The fourth-order valence-corrected chi connectivity index (χ4v) is 6.38. The Morgan fingerprint density at radius 1 is 0.974 bits per heavy atom. The number of nitrogens with one attached hydrogen (secondary N) is 1. The van der Waals surface area contributed by atoms with Crippen LogP contribution in [0.25, 0.3) is 10.4 Å². The topological polar surface area (TPSA) is 122 Å². The van der Waals surface area contributed by atoms with Crippen LogP contribution in [0.1, 0.15) is 27.0 Å². The second kappa shape index (κ2) is 11.8. The van der Waals surface area contributed by atoms with Gasteiger partial charge in [-0.15, -0.1) is 11.3 Å². The van der Waals surface area contributed by atoms with Gasteiger partial charge >= 0.3 is 12.1 Å². The largest absolute Gasteiger partial charge is 0.465 e. The zero-order valence-electron chi connectivity index (χ0n) is 20.9. The number of hydrogen-bond donors (Lipinski definition) is 1. The molecule has 3 aromatic rings. The van der Waals surface area contributed by atoms with Gasteiger partial charge in [-0.05, 0) is 42.8 Å². The molecular formula is C26H27N3O7S2. The van der Waals surface area contributed by atoms with E-state index in [1.165, 1.54) is 51.9 Å². The van der Waals surface area contributed by atoms with Crippen LogP contribution in [0.2, 0.25) is 0 Å². The zero-order chi connectivity index (χ0) is 27.3. The Kier molecular flexibility index (Phi) is 8.45. The second-order valence-corrected chi connectivity index (χ2v) is 11.3. The molecule has 38 heavy (non-hydrogen) atoms. The monoisotopic (exact) mass is 557 g/mol. The second-order valence-electron chi connectivity index (χ2n) is 8.28. The number of thiophene rings is 1. The van der Waals surface area contributed by atoms with E-state index in [1.54, 1.807) is 13.0 Å². The van der Waals surface area contributed by atoms with Gasteiger partial charge in [-0.3, -0.25) is 4.79 Å². The van der Waals surface area contributed by atoms with Crippen molar-refractivity contribution in [1.29, 1.82) is 0 Å². The zero-order valence-corrected chi connectivity index (χ0v) is 22.5. The lowest BCUT2D eigenvalue weighted by Gasteiger charge is -2.33. The Morgan fingerprint density at radius 2 is 1.63 bits per heavy atom. The highest BCUT2D eigenvalue weighted by molar-refractivity contribution is 7.89. The van der Waals surface area contributed by atoms with Crippen LogP contribution in [0.3, 0.4) is 0 Å². The smallest absolute Gasteiger partial charge is 0.409 e. The molecule has 10 nitrogen and oxygen atoms in total. The SMILES string of the molecule is CCOC(=O)N1CCN(S(=O)(=O)c2ccc(C(=O)Nc3cc(-c4ccccc4)sc3C(=O)OC)cc2)CC1. The van der Waals surface area contributed by atoms with Gasteiger partial charge in [-0.1, -0.05) is 30.3 Å². The molecule has 0 atom stereocenters. The number of carbonyl (C=O) groups excluding carboxylic acids is 3. The first-order chi connectivity index (χ1) is 18.2. The van der Waals surface area contributed by atoms with Crippen LogP contribution in [0, 0.1) is 0 Å². The van der Waals surface area contributed by atoms with Crippen LogP contribution in [-0.2, 0) is 19.5 Å². The molecule has 0 unspecified atom stereocenters. The summed E-state index contributed by atoms with van der Waals surface area (Å²) in [7, 11) is -2.54. The van der Waals surface area contributed by atoms with E-state index in [-0.39, 0.29) is 48.1 Å². The Bertz CT molecular complexity index is 1410. The molecule has 1 aliphatic rings. The molecule has 1 fully saturated rings. The molecule has 2 aromatic carbocycles. The Labute approximate surface area is 224 Å². The van der Waals surface area contributed by atoms with Gasteiger partial charge < -0.3 is 19.7 Å². The van der Waals surface area contributed by atoms with Crippen LogP contribution < -0.4 is 5.32 Å². The molecule has 2 heterocycles. The van der Waals surface area contributed by atoms with Crippen molar-refractivity contribution in [2.45, 2.75) is 11.8 Å². The van der Waals surface area contributed by atoms with E-state index >= 15 is 0 Å². The number of sulfonamides is 1. The summed E-state index contributed by atoms with van der Waals surface area (Å²) in [5, 5.41) is 2.74. The summed E-state index contributed by atoms with van der Waals surface area (Å²) in [6.45, 7) is 2.70. The number of esters is 1. The van der Waals surface area contributed by atoms with E-state index in [1.807, 2.05) is 30.3 Å². The number of anilines is 1. The van der Waals surface area contributed by atoms with Crippen molar-refractivity contribution in [3.8, 4) is 10.4 Å². The molecule has 1 N–H and O–H groups in total. The molecule has 0 spiro atoms. The van der Waals surface area contributed by atoms with E-state index in [0.717, 1.165) is 10.4 Å². The number of nitrogens with zero attached hydrogens (tertiary/aromatic N) is 2. The number of piperazine rings is 1. The first-order valence-electron chi connectivity index (χ1n) is 11.9. The predicted octanol–water partition coefficient (Wildman–Crippen LogP) is 3.92. The molecule has 0 aliphatic carbocycles. The quantitative estimate of drug-likeness (QED) is 0.437. The highest BCUT2D eigenvalue weighted by Crippen LogP contribution is 2.35. The fraction of sp³-hybridized carbons (Fsp3) is 0.269. The Balaban J connectivity index is 1.47. The summed E-state index contributed by atoms with van der Waals surface area (Å²) in [6.07, 6.45) is -0.461. The Morgan fingerprint density at radius 3 is 2.24 bits per heavy atom. The number of hydrogen-bond acceptors (Lipinski definition) is 8. The van der Waals surface area contributed by atoms with Crippen LogP contribution in [-0.4, -0.2) is 75.5 Å². The van der Waals surface area contributed by atoms with Gasteiger partial charge in [-0.2, -0.15) is 4.31 Å².